The molecule has 0 aromatic heterocycles. The number of benzene rings is 1. The molecule has 0 saturated heterocycles. The first kappa shape index (κ1) is 9.51. The van der Waals surface area contributed by atoms with Crippen molar-refractivity contribution in [3.63, 3.8) is 0 Å². The lowest BCUT2D eigenvalue weighted by molar-refractivity contribution is -0.385. The average molecular weight is 189 g/mol. The third-order valence-corrected chi connectivity index (χ3v) is 1.46. The van der Waals surface area contributed by atoms with Crippen LogP contribution in [0, 0.1) is 21.4 Å². The van der Waals surface area contributed by atoms with Crippen LogP contribution in [0.3, 0.4) is 0 Å². The maximum absolute atomic E-state index is 10.4. The Morgan fingerprint density at radius 2 is 2.36 bits per heavy atom. The van der Waals surface area contributed by atoms with E-state index in [0.717, 1.165) is 12.1 Å². The van der Waals surface area contributed by atoms with Crippen molar-refractivity contribution in [2.24, 2.45) is 5.11 Å². The molecule has 0 aliphatic heterocycles. The van der Waals surface area contributed by atoms with Crippen LogP contribution in [0.4, 0.5) is 11.4 Å². The van der Waals surface area contributed by atoms with Gasteiger partial charge in [0.2, 0.25) is 0 Å². The highest BCUT2D eigenvalue weighted by Crippen LogP contribution is 2.23. The van der Waals surface area contributed by atoms with Crippen molar-refractivity contribution in [1.29, 1.82) is 5.26 Å². The van der Waals surface area contributed by atoms with Crippen molar-refractivity contribution < 1.29 is 4.92 Å². The molecule has 7 nitrogen and oxygen atoms in total. The fraction of sp³-hybridized carbons (Fsp3) is 0. The van der Waals surface area contributed by atoms with E-state index in [1.54, 1.807) is 6.07 Å². The second-order valence-electron chi connectivity index (χ2n) is 2.26. The third kappa shape index (κ3) is 1.77. The molecule has 7 heteroatoms. The predicted molar refractivity (Wildman–Crippen MR) is 46.6 cm³/mol. The van der Waals surface area contributed by atoms with Crippen LogP contribution in [-0.4, -0.2) is 4.92 Å². The van der Waals surface area contributed by atoms with Gasteiger partial charge in [0.15, 0.2) is 0 Å². The summed E-state index contributed by atoms with van der Waals surface area (Å²) in [5.41, 5.74) is 7.85. The number of nitrogens with zero attached hydrogens (tertiary/aromatic N) is 5. The van der Waals surface area contributed by atoms with Gasteiger partial charge in [-0.1, -0.05) is 5.11 Å². The van der Waals surface area contributed by atoms with Crippen LogP contribution in [-0.2, 0) is 0 Å². The first-order valence-electron chi connectivity index (χ1n) is 3.42. The summed E-state index contributed by atoms with van der Waals surface area (Å²) in [4.78, 5) is 12.2. The van der Waals surface area contributed by atoms with E-state index in [9.17, 15) is 10.1 Å². The normalized spacial score (nSPS) is 8.50. The summed E-state index contributed by atoms with van der Waals surface area (Å²) in [6, 6.07) is 5.22. The first-order chi connectivity index (χ1) is 6.69. The standard InChI is InChI=1S/C7H3N5O2/c8-4-5-3-6(10-11-9)1-2-7(5)12(13)14/h1-3H. The molecule has 0 amide bonds. The zero-order valence-electron chi connectivity index (χ0n) is 6.78. The molecular formula is C7H3N5O2. The summed E-state index contributed by atoms with van der Waals surface area (Å²) in [5.74, 6) is 0. The Kier molecular flexibility index (Phi) is 2.64. The minimum atomic E-state index is -0.668. The molecule has 14 heavy (non-hydrogen) atoms. The molecule has 0 spiro atoms. The van der Waals surface area contributed by atoms with Crippen LogP contribution in [0.2, 0.25) is 0 Å². The fourth-order valence-electron chi connectivity index (χ4n) is 0.887. The van der Waals surface area contributed by atoms with E-state index in [0.29, 0.717) is 0 Å². The number of hydrogen-bond acceptors (Lipinski definition) is 4. The van der Waals surface area contributed by atoms with Crippen LogP contribution in [0.15, 0.2) is 23.3 Å². The summed E-state index contributed by atoms with van der Waals surface area (Å²) >= 11 is 0. The summed E-state index contributed by atoms with van der Waals surface area (Å²) in [7, 11) is 0. The Hall–Kier alpha value is -2.58. The Bertz CT molecular complexity index is 469. The van der Waals surface area contributed by atoms with Crippen LogP contribution in [0.5, 0.6) is 0 Å². The SMILES string of the molecule is N#Cc1cc(N=[N+]=[N-])ccc1[N+](=O)[O-]. The molecule has 1 aromatic carbocycles. The Morgan fingerprint density at radius 3 is 2.86 bits per heavy atom. The van der Waals surface area contributed by atoms with Gasteiger partial charge in [-0.15, -0.1) is 0 Å². The molecule has 68 valence electrons. The second kappa shape index (κ2) is 3.89. The molecule has 0 fully saturated rings. The monoisotopic (exact) mass is 189 g/mol. The minimum Gasteiger partial charge on any atom is -0.258 e. The van der Waals surface area contributed by atoms with Gasteiger partial charge in [-0.3, -0.25) is 10.1 Å². The smallest absolute Gasteiger partial charge is 0.258 e. The first-order valence-corrected chi connectivity index (χ1v) is 3.42. The van der Waals surface area contributed by atoms with E-state index in [1.165, 1.54) is 6.07 Å². The third-order valence-electron chi connectivity index (χ3n) is 1.46. The Morgan fingerprint density at radius 1 is 1.64 bits per heavy atom. The van der Waals surface area contributed by atoms with Crippen molar-refractivity contribution in [3.05, 3.63) is 44.3 Å². The van der Waals surface area contributed by atoms with E-state index in [2.05, 4.69) is 10.0 Å². The number of rotatable bonds is 2. The van der Waals surface area contributed by atoms with E-state index in [-0.39, 0.29) is 16.9 Å². The molecule has 0 aliphatic rings. The van der Waals surface area contributed by atoms with Crippen LogP contribution >= 0.6 is 0 Å². The van der Waals surface area contributed by atoms with Crippen molar-refractivity contribution >= 4 is 11.4 Å². The molecule has 0 bridgehead atoms. The van der Waals surface area contributed by atoms with Crippen LogP contribution in [0.1, 0.15) is 5.56 Å². The number of nitro benzene ring substituents is 1. The van der Waals surface area contributed by atoms with E-state index < -0.39 is 4.92 Å². The van der Waals surface area contributed by atoms with Gasteiger partial charge in [-0.25, -0.2) is 0 Å². The van der Waals surface area contributed by atoms with E-state index >= 15 is 0 Å². The van der Waals surface area contributed by atoms with Gasteiger partial charge in [-0.2, -0.15) is 5.26 Å². The summed E-state index contributed by atoms with van der Waals surface area (Å²) in [5, 5.41) is 22.2. The lowest BCUT2D eigenvalue weighted by atomic mass is 10.2. The molecule has 0 N–H and O–H groups in total. The number of hydrogen-bond donors (Lipinski definition) is 0. The van der Waals surface area contributed by atoms with E-state index in [4.69, 9.17) is 10.8 Å². The van der Waals surface area contributed by atoms with Gasteiger partial charge in [0, 0.05) is 16.7 Å². The molecule has 1 rings (SSSR count). The number of nitro groups is 1. The zero-order chi connectivity index (χ0) is 10.6. The average Bonchev–Trinajstić information content (AvgIpc) is 2.17. The summed E-state index contributed by atoms with van der Waals surface area (Å²) < 4.78 is 0. The highest BCUT2D eigenvalue weighted by Gasteiger charge is 2.12. The van der Waals surface area contributed by atoms with Gasteiger partial charge < -0.3 is 0 Å². The molecule has 1 aromatic rings. The Balaban J connectivity index is 3.33. The lowest BCUT2D eigenvalue weighted by Gasteiger charge is -1.94. The quantitative estimate of drug-likeness (QED) is 0.233. The summed E-state index contributed by atoms with van der Waals surface area (Å²) in [6.07, 6.45) is 0. The zero-order valence-corrected chi connectivity index (χ0v) is 6.78. The topological polar surface area (TPSA) is 116 Å². The van der Waals surface area contributed by atoms with Crippen molar-refractivity contribution in [1.82, 2.24) is 0 Å². The highest BCUT2D eigenvalue weighted by molar-refractivity contribution is 5.56. The molecule has 0 unspecified atom stereocenters. The van der Waals surface area contributed by atoms with E-state index in [1.807, 2.05) is 0 Å². The molecule has 0 aliphatic carbocycles. The van der Waals surface area contributed by atoms with Crippen molar-refractivity contribution in [2.45, 2.75) is 0 Å². The maximum atomic E-state index is 10.4. The number of nitriles is 1. The van der Waals surface area contributed by atoms with Crippen molar-refractivity contribution in [2.75, 3.05) is 0 Å². The minimum absolute atomic E-state index is 0.125. The molecular weight excluding hydrogens is 186 g/mol. The predicted octanol–water partition coefficient (Wildman–Crippen LogP) is 2.41. The highest BCUT2D eigenvalue weighted by atomic mass is 16.6. The van der Waals surface area contributed by atoms with Gasteiger partial charge in [0.05, 0.1) is 4.92 Å². The fourth-order valence-corrected chi connectivity index (χ4v) is 0.887. The summed E-state index contributed by atoms with van der Waals surface area (Å²) in [6.45, 7) is 0. The lowest BCUT2D eigenvalue weighted by Crippen LogP contribution is -1.91. The molecule has 0 atom stereocenters. The largest absolute Gasteiger partial charge is 0.287 e. The van der Waals surface area contributed by atoms with Gasteiger partial charge >= 0.3 is 0 Å². The second-order valence-corrected chi connectivity index (χ2v) is 2.26. The van der Waals surface area contributed by atoms with Gasteiger partial charge in [0.1, 0.15) is 11.6 Å². The molecule has 0 saturated carbocycles. The maximum Gasteiger partial charge on any atom is 0.287 e. The van der Waals surface area contributed by atoms with Crippen LogP contribution in [0.25, 0.3) is 10.4 Å². The Labute approximate surface area is 78.0 Å². The van der Waals surface area contributed by atoms with Crippen LogP contribution < -0.4 is 0 Å². The molecule has 0 radical (unpaired) electrons. The van der Waals surface area contributed by atoms with Crippen molar-refractivity contribution in [3.8, 4) is 6.07 Å². The molecule has 0 heterocycles. The number of azide groups is 1. The van der Waals surface area contributed by atoms with Gasteiger partial charge in [-0.05, 0) is 17.7 Å². The van der Waals surface area contributed by atoms with Gasteiger partial charge in [0.25, 0.3) is 5.69 Å².